The third-order valence-electron chi connectivity index (χ3n) is 4.68. The number of carbonyl (C=O) groups excluding carboxylic acids is 1. The molecule has 2 fully saturated rings. The van der Waals surface area contributed by atoms with Gasteiger partial charge in [-0.05, 0) is 37.8 Å². The van der Waals surface area contributed by atoms with E-state index in [1.165, 1.54) is 25.7 Å². The third kappa shape index (κ3) is 3.20. The molecule has 1 aromatic rings. The summed E-state index contributed by atoms with van der Waals surface area (Å²) in [5, 5.41) is 0. The van der Waals surface area contributed by atoms with Crippen LogP contribution in [0.25, 0.3) is 0 Å². The van der Waals surface area contributed by atoms with Crippen molar-refractivity contribution in [2.24, 2.45) is 0 Å². The largest absolute Gasteiger partial charge is 0.357 e. The molecule has 0 saturated carbocycles. The monoisotopic (exact) mass is 287 g/mol. The number of hydrogen-bond acceptors (Lipinski definition) is 3. The summed E-state index contributed by atoms with van der Waals surface area (Å²) in [5.41, 5.74) is 1.06. The molecule has 0 spiro atoms. The third-order valence-corrected chi connectivity index (χ3v) is 4.68. The zero-order chi connectivity index (χ0) is 14.7. The lowest BCUT2D eigenvalue weighted by molar-refractivity contribution is -0.129. The number of rotatable bonds is 2. The summed E-state index contributed by atoms with van der Waals surface area (Å²) in [4.78, 5) is 21.0. The summed E-state index contributed by atoms with van der Waals surface area (Å²) in [6.07, 6.45) is 7.30. The van der Waals surface area contributed by atoms with E-state index in [4.69, 9.17) is 4.98 Å². The van der Waals surface area contributed by atoms with Crippen LogP contribution in [0.1, 0.15) is 57.2 Å². The summed E-state index contributed by atoms with van der Waals surface area (Å²) < 4.78 is 0. The van der Waals surface area contributed by atoms with Crippen LogP contribution in [0.4, 0.5) is 5.82 Å². The second kappa shape index (κ2) is 6.46. The van der Waals surface area contributed by atoms with Crippen molar-refractivity contribution in [2.45, 2.75) is 51.5 Å². The molecule has 0 aromatic carbocycles. The lowest BCUT2D eigenvalue weighted by Crippen LogP contribution is -2.29. The van der Waals surface area contributed by atoms with Gasteiger partial charge in [0.25, 0.3) is 0 Å². The topological polar surface area (TPSA) is 36.4 Å². The Balaban J connectivity index is 1.80. The van der Waals surface area contributed by atoms with Crippen molar-refractivity contribution in [3.63, 3.8) is 0 Å². The van der Waals surface area contributed by atoms with Gasteiger partial charge in [0.1, 0.15) is 5.82 Å². The van der Waals surface area contributed by atoms with Crippen molar-refractivity contribution in [1.29, 1.82) is 0 Å². The van der Waals surface area contributed by atoms with Crippen LogP contribution in [-0.4, -0.2) is 35.4 Å². The van der Waals surface area contributed by atoms with Gasteiger partial charge in [0.15, 0.2) is 0 Å². The second-order valence-electron chi connectivity index (χ2n) is 6.19. The zero-order valence-electron chi connectivity index (χ0n) is 12.9. The van der Waals surface area contributed by atoms with Crippen LogP contribution >= 0.6 is 0 Å². The summed E-state index contributed by atoms with van der Waals surface area (Å²) in [5.74, 6) is 1.25. The number of anilines is 1. The van der Waals surface area contributed by atoms with Gasteiger partial charge in [0.05, 0.1) is 11.7 Å². The Morgan fingerprint density at radius 3 is 2.57 bits per heavy atom. The standard InChI is InChI=1S/C17H25N3O/c1-14(21)20-13-7-9-16(20)15-8-6-10-17(18-15)19-11-4-2-3-5-12-19/h6,8,10,16H,2-5,7,9,11-13H2,1H3/t16-/m0/s1. The zero-order valence-corrected chi connectivity index (χ0v) is 12.9. The second-order valence-corrected chi connectivity index (χ2v) is 6.19. The van der Waals surface area contributed by atoms with E-state index in [0.29, 0.717) is 0 Å². The number of pyridine rings is 1. The molecule has 4 nitrogen and oxygen atoms in total. The van der Waals surface area contributed by atoms with Gasteiger partial charge in [-0.1, -0.05) is 18.9 Å². The van der Waals surface area contributed by atoms with E-state index in [0.717, 1.165) is 44.0 Å². The number of hydrogen-bond donors (Lipinski definition) is 0. The molecule has 3 heterocycles. The Hall–Kier alpha value is -1.58. The van der Waals surface area contributed by atoms with Gasteiger partial charge in [-0.15, -0.1) is 0 Å². The highest BCUT2D eigenvalue weighted by Crippen LogP contribution is 2.31. The lowest BCUT2D eigenvalue weighted by Gasteiger charge is -2.26. The van der Waals surface area contributed by atoms with Gasteiger partial charge in [-0.3, -0.25) is 4.79 Å². The molecule has 0 aliphatic carbocycles. The summed E-state index contributed by atoms with van der Waals surface area (Å²) >= 11 is 0. The van der Waals surface area contributed by atoms with E-state index in [1.54, 1.807) is 6.92 Å². The first-order chi connectivity index (χ1) is 10.3. The first-order valence-electron chi connectivity index (χ1n) is 8.25. The molecule has 2 aliphatic heterocycles. The normalized spacial score (nSPS) is 23.2. The highest BCUT2D eigenvalue weighted by molar-refractivity contribution is 5.74. The van der Waals surface area contributed by atoms with Gasteiger partial charge in [-0.2, -0.15) is 0 Å². The maximum atomic E-state index is 11.7. The summed E-state index contributed by atoms with van der Waals surface area (Å²) in [6, 6.07) is 6.46. The van der Waals surface area contributed by atoms with Crippen LogP contribution in [-0.2, 0) is 4.79 Å². The van der Waals surface area contributed by atoms with Crippen molar-refractivity contribution in [2.75, 3.05) is 24.5 Å². The van der Waals surface area contributed by atoms with Gasteiger partial charge in [-0.25, -0.2) is 4.98 Å². The van der Waals surface area contributed by atoms with Gasteiger partial charge < -0.3 is 9.80 Å². The van der Waals surface area contributed by atoms with E-state index in [2.05, 4.69) is 23.1 Å². The molecule has 3 rings (SSSR count). The van der Waals surface area contributed by atoms with Crippen molar-refractivity contribution in [3.8, 4) is 0 Å². The molecule has 0 N–H and O–H groups in total. The van der Waals surface area contributed by atoms with Crippen molar-refractivity contribution in [3.05, 3.63) is 23.9 Å². The smallest absolute Gasteiger partial charge is 0.220 e. The number of amides is 1. The van der Waals surface area contributed by atoms with Crippen LogP contribution in [0.15, 0.2) is 18.2 Å². The van der Waals surface area contributed by atoms with Crippen molar-refractivity contribution < 1.29 is 4.79 Å². The van der Waals surface area contributed by atoms with Crippen LogP contribution in [0.3, 0.4) is 0 Å². The number of nitrogens with zero attached hydrogens (tertiary/aromatic N) is 3. The van der Waals surface area contributed by atoms with E-state index < -0.39 is 0 Å². The fourth-order valence-corrected chi connectivity index (χ4v) is 3.55. The quantitative estimate of drug-likeness (QED) is 0.838. The van der Waals surface area contributed by atoms with Gasteiger partial charge in [0.2, 0.25) is 5.91 Å². The SMILES string of the molecule is CC(=O)N1CCC[C@H]1c1cccc(N2CCCCCC2)n1. The maximum absolute atomic E-state index is 11.7. The molecule has 1 amide bonds. The van der Waals surface area contributed by atoms with Crippen molar-refractivity contribution >= 4 is 11.7 Å². The van der Waals surface area contributed by atoms with E-state index in [-0.39, 0.29) is 11.9 Å². The summed E-state index contributed by atoms with van der Waals surface area (Å²) in [7, 11) is 0. The molecule has 1 aromatic heterocycles. The Morgan fingerprint density at radius 2 is 1.86 bits per heavy atom. The minimum atomic E-state index is 0.166. The summed E-state index contributed by atoms with van der Waals surface area (Å²) in [6.45, 7) is 4.75. The van der Waals surface area contributed by atoms with Crippen molar-refractivity contribution in [1.82, 2.24) is 9.88 Å². The lowest BCUT2D eigenvalue weighted by atomic mass is 10.1. The number of carbonyl (C=O) groups is 1. The number of likely N-dealkylation sites (tertiary alicyclic amines) is 1. The predicted octanol–water partition coefficient (Wildman–Crippen LogP) is 3.15. The molecule has 1 atom stereocenters. The molecule has 2 saturated heterocycles. The molecule has 0 bridgehead atoms. The van der Waals surface area contributed by atoms with E-state index in [9.17, 15) is 4.79 Å². The molecule has 2 aliphatic rings. The Morgan fingerprint density at radius 1 is 1.10 bits per heavy atom. The minimum absolute atomic E-state index is 0.166. The molecular formula is C17H25N3O. The van der Waals surface area contributed by atoms with Crippen LogP contribution in [0.2, 0.25) is 0 Å². The molecule has 114 valence electrons. The molecule has 4 heteroatoms. The highest BCUT2D eigenvalue weighted by Gasteiger charge is 2.29. The van der Waals surface area contributed by atoms with Crippen LogP contribution in [0, 0.1) is 0 Å². The molecule has 0 radical (unpaired) electrons. The number of aromatic nitrogens is 1. The van der Waals surface area contributed by atoms with E-state index >= 15 is 0 Å². The Labute approximate surface area is 127 Å². The molecule has 0 unspecified atom stereocenters. The first kappa shape index (κ1) is 14.4. The molecule has 21 heavy (non-hydrogen) atoms. The maximum Gasteiger partial charge on any atom is 0.220 e. The average Bonchev–Trinajstić information content (AvgIpc) is 2.83. The van der Waals surface area contributed by atoms with Gasteiger partial charge >= 0.3 is 0 Å². The highest BCUT2D eigenvalue weighted by atomic mass is 16.2. The molecular weight excluding hydrogens is 262 g/mol. The Bertz CT molecular complexity index is 495. The first-order valence-corrected chi connectivity index (χ1v) is 8.25. The van der Waals surface area contributed by atoms with Crippen LogP contribution < -0.4 is 4.90 Å². The fourth-order valence-electron chi connectivity index (χ4n) is 3.55. The predicted molar refractivity (Wildman–Crippen MR) is 84.3 cm³/mol. The van der Waals surface area contributed by atoms with E-state index in [1.807, 2.05) is 4.90 Å². The Kier molecular flexibility index (Phi) is 4.42. The van der Waals surface area contributed by atoms with Crippen LogP contribution in [0.5, 0.6) is 0 Å². The minimum Gasteiger partial charge on any atom is -0.357 e. The van der Waals surface area contributed by atoms with Gasteiger partial charge in [0, 0.05) is 26.6 Å². The average molecular weight is 287 g/mol. The fraction of sp³-hybridized carbons (Fsp3) is 0.647.